The predicted octanol–water partition coefficient (Wildman–Crippen LogP) is 6.31. The van der Waals surface area contributed by atoms with E-state index in [2.05, 4.69) is 20.3 Å². The lowest BCUT2D eigenvalue weighted by Gasteiger charge is -2.02. The zero-order chi connectivity index (χ0) is 21.5. The molecule has 1 amide bonds. The summed E-state index contributed by atoms with van der Waals surface area (Å²) in [6, 6.07) is 11.5. The predicted molar refractivity (Wildman–Crippen MR) is 129 cm³/mol. The molecular weight excluding hydrogens is 376 g/mol. The van der Waals surface area contributed by atoms with E-state index in [-0.39, 0.29) is 14.8 Å². The minimum absolute atomic E-state index is 0. The van der Waals surface area contributed by atoms with Gasteiger partial charge in [0, 0.05) is 27.1 Å². The molecule has 164 valence electrons. The SMILES string of the molecule is C.CC.CC.CNC(=O)C1=CCCC=N1.[HH].c1cncc(-c2nc3ccccc3o2)c1. The Labute approximate surface area is 181 Å². The monoisotopic (exact) mass is 412 g/mol. The summed E-state index contributed by atoms with van der Waals surface area (Å²) in [6.45, 7) is 8.00. The fraction of sp³-hybridized carbons (Fsp3) is 0.333. The van der Waals surface area contributed by atoms with E-state index in [1.54, 1.807) is 25.7 Å². The Bertz CT molecular complexity index is 888. The van der Waals surface area contributed by atoms with Crippen LogP contribution in [0.3, 0.4) is 0 Å². The van der Waals surface area contributed by atoms with Crippen molar-refractivity contribution < 1.29 is 10.6 Å². The average molecular weight is 413 g/mol. The molecule has 0 fully saturated rings. The smallest absolute Gasteiger partial charge is 0.269 e. The molecule has 1 aliphatic rings. The second-order valence-electron chi connectivity index (χ2n) is 5.29. The first-order valence-electron chi connectivity index (χ1n) is 9.98. The molecule has 6 nitrogen and oxygen atoms in total. The van der Waals surface area contributed by atoms with Gasteiger partial charge in [-0.25, -0.2) is 4.98 Å². The molecule has 2 aromatic heterocycles. The minimum atomic E-state index is -0.101. The zero-order valence-electron chi connectivity index (χ0n) is 17.8. The average Bonchev–Trinajstić information content (AvgIpc) is 3.27. The van der Waals surface area contributed by atoms with Gasteiger partial charge in [0.1, 0.15) is 11.2 Å². The van der Waals surface area contributed by atoms with Gasteiger partial charge in [-0.2, -0.15) is 0 Å². The topological polar surface area (TPSA) is 80.4 Å². The van der Waals surface area contributed by atoms with Crippen LogP contribution in [-0.2, 0) is 4.79 Å². The lowest BCUT2D eigenvalue weighted by Crippen LogP contribution is -2.19. The Kier molecular flexibility index (Phi) is 13.9. The number of hydrogen-bond donors (Lipinski definition) is 1. The molecule has 0 radical (unpaired) electrons. The molecule has 3 aromatic rings. The van der Waals surface area contributed by atoms with Gasteiger partial charge in [0.05, 0.1) is 5.56 Å². The summed E-state index contributed by atoms with van der Waals surface area (Å²) in [4.78, 5) is 23.2. The molecule has 30 heavy (non-hydrogen) atoms. The van der Waals surface area contributed by atoms with E-state index in [0.717, 1.165) is 29.5 Å². The van der Waals surface area contributed by atoms with Crippen LogP contribution in [0.1, 0.15) is 49.4 Å². The number of hydrogen-bond acceptors (Lipinski definition) is 5. The number of benzene rings is 1. The number of carbonyl (C=O) groups excluding carboxylic acids is 1. The third-order valence-corrected chi connectivity index (χ3v) is 3.53. The number of rotatable bonds is 2. The molecule has 0 unspecified atom stereocenters. The first kappa shape index (κ1) is 26.7. The first-order chi connectivity index (χ1) is 14.3. The van der Waals surface area contributed by atoms with E-state index in [1.165, 1.54) is 0 Å². The van der Waals surface area contributed by atoms with Crippen molar-refractivity contribution in [1.82, 2.24) is 15.3 Å². The molecule has 0 aliphatic carbocycles. The summed E-state index contributed by atoms with van der Waals surface area (Å²) < 4.78 is 5.60. The van der Waals surface area contributed by atoms with Crippen molar-refractivity contribution in [2.75, 3.05) is 7.05 Å². The Hall–Kier alpha value is -3.28. The molecule has 6 heteroatoms. The molecule has 0 atom stereocenters. The summed E-state index contributed by atoms with van der Waals surface area (Å²) in [5.41, 5.74) is 3.11. The molecular formula is C24H36N4O2. The highest BCUT2D eigenvalue weighted by atomic mass is 16.3. The van der Waals surface area contributed by atoms with E-state index in [9.17, 15) is 4.79 Å². The summed E-state index contributed by atoms with van der Waals surface area (Å²) in [7, 11) is 1.60. The van der Waals surface area contributed by atoms with Crippen molar-refractivity contribution in [1.29, 1.82) is 0 Å². The Balaban J connectivity index is 0. The molecule has 4 rings (SSSR count). The number of oxazole rings is 1. The van der Waals surface area contributed by atoms with Crippen LogP contribution in [0.4, 0.5) is 0 Å². The van der Waals surface area contributed by atoms with Crippen molar-refractivity contribution >= 4 is 23.2 Å². The van der Waals surface area contributed by atoms with Gasteiger partial charge in [0.15, 0.2) is 5.58 Å². The largest absolute Gasteiger partial charge is 0.436 e. The number of fused-ring (bicyclic) bond motifs is 1. The fourth-order valence-electron chi connectivity index (χ4n) is 2.27. The molecule has 1 aliphatic heterocycles. The molecule has 0 spiro atoms. The third kappa shape index (κ3) is 7.99. The zero-order valence-corrected chi connectivity index (χ0v) is 17.8. The lowest BCUT2D eigenvalue weighted by molar-refractivity contribution is -0.117. The minimum Gasteiger partial charge on any atom is -0.436 e. The normalized spacial score (nSPS) is 11.2. The highest BCUT2D eigenvalue weighted by Gasteiger charge is 2.07. The number of nitrogens with zero attached hydrogens (tertiary/aromatic N) is 3. The van der Waals surface area contributed by atoms with Gasteiger partial charge in [-0.15, -0.1) is 0 Å². The number of aromatic nitrogens is 2. The van der Waals surface area contributed by atoms with Crippen molar-refractivity contribution in [3.8, 4) is 11.5 Å². The number of nitrogens with one attached hydrogen (secondary N) is 1. The van der Waals surface area contributed by atoms with E-state index >= 15 is 0 Å². The van der Waals surface area contributed by atoms with Crippen molar-refractivity contribution in [2.45, 2.75) is 48.0 Å². The number of amides is 1. The first-order valence-corrected chi connectivity index (χ1v) is 9.98. The van der Waals surface area contributed by atoms with Gasteiger partial charge >= 0.3 is 0 Å². The van der Waals surface area contributed by atoms with Gasteiger partial charge in [0.2, 0.25) is 5.89 Å². The van der Waals surface area contributed by atoms with E-state index in [4.69, 9.17) is 4.42 Å². The fourth-order valence-corrected chi connectivity index (χ4v) is 2.27. The number of aliphatic imine (C=N–C) groups is 1. The van der Waals surface area contributed by atoms with Gasteiger partial charge in [-0.05, 0) is 37.1 Å². The lowest BCUT2D eigenvalue weighted by atomic mass is 10.2. The maximum Gasteiger partial charge on any atom is 0.269 e. The Morgan fingerprint density at radius 1 is 1.07 bits per heavy atom. The van der Waals surface area contributed by atoms with E-state index in [0.29, 0.717) is 11.6 Å². The van der Waals surface area contributed by atoms with E-state index < -0.39 is 0 Å². The highest BCUT2D eigenvalue weighted by molar-refractivity contribution is 5.94. The maximum absolute atomic E-state index is 10.9. The van der Waals surface area contributed by atoms with Gasteiger partial charge < -0.3 is 9.73 Å². The van der Waals surface area contributed by atoms with Crippen LogP contribution in [0.15, 0.2) is 70.0 Å². The summed E-state index contributed by atoms with van der Waals surface area (Å²) in [5, 5.41) is 2.51. The second-order valence-corrected chi connectivity index (χ2v) is 5.29. The molecule has 1 N–H and O–H groups in total. The van der Waals surface area contributed by atoms with Crippen LogP contribution >= 0.6 is 0 Å². The standard InChI is InChI=1S/C12H8N2O.C7H10N2O.2C2H6.CH4.H2/c1-2-6-11-10(5-1)14-12(15-11)9-4-3-7-13-8-9;1-8-7(10)6-4-2-3-5-9-6;2*1-2;;/h1-8H;4-5H,2-3H2,1H3,(H,8,10);2*1-2H3;1H4;1H. The van der Waals surface area contributed by atoms with Crippen LogP contribution in [0.2, 0.25) is 0 Å². The molecule has 0 saturated heterocycles. The molecule has 1 aromatic carbocycles. The number of likely N-dealkylation sites (N-methyl/N-ethyl adjacent to an activating group) is 1. The van der Waals surface area contributed by atoms with E-state index in [1.807, 2.05) is 70.2 Å². The van der Waals surface area contributed by atoms with Crippen molar-refractivity contribution in [3.63, 3.8) is 0 Å². The van der Waals surface area contributed by atoms with Gasteiger partial charge in [-0.1, -0.05) is 53.3 Å². The molecule has 0 saturated carbocycles. The van der Waals surface area contributed by atoms with Crippen LogP contribution in [-0.4, -0.2) is 29.1 Å². The Morgan fingerprint density at radius 2 is 1.80 bits per heavy atom. The number of pyridine rings is 1. The van der Waals surface area contributed by atoms with Gasteiger partial charge in [0.25, 0.3) is 5.91 Å². The third-order valence-electron chi connectivity index (χ3n) is 3.53. The van der Waals surface area contributed by atoms with Crippen LogP contribution in [0, 0.1) is 0 Å². The Morgan fingerprint density at radius 3 is 2.37 bits per heavy atom. The van der Waals surface area contributed by atoms with Crippen LogP contribution in [0.5, 0.6) is 0 Å². The number of allylic oxidation sites excluding steroid dienone is 1. The molecule has 3 heterocycles. The van der Waals surface area contributed by atoms with Crippen LogP contribution in [0.25, 0.3) is 22.6 Å². The van der Waals surface area contributed by atoms with Crippen LogP contribution < -0.4 is 5.32 Å². The molecule has 0 bridgehead atoms. The summed E-state index contributed by atoms with van der Waals surface area (Å²) in [6.07, 6.45) is 8.95. The quantitative estimate of drug-likeness (QED) is 0.535. The summed E-state index contributed by atoms with van der Waals surface area (Å²) in [5.74, 6) is 0.514. The number of para-hydroxylation sites is 2. The number of carbonyl (C=O) groups is 1. The van der Waals surface area contributed by atoms with Gasteiger partial charge in [-0.3, -0.25) is 14.8 Å². The second kappa shape index (κ2) is 15.6. The maximum atomic E-state index is 10.9. The highest BCUT2D eigenvalue weighted by Crippen LogP contribution is 2.22. The van der Waals surface area contributed by atoms with Crippen molar-refractivity contribution in [2.24, 2.45) is 4.99 Å². The summed E-state index contributed by atoms with van der Waals surface area (Å²) >= 11 is 0. The van der Waals surface area contributed by atoms with Crippen molar-refractivity contribution in [3.05, 3.63) is 60.6 Å².